The van der Waals surface area contributed by atoms with Crippen LogP contribution >= 0.6 is 0 Å². The second kappa shape index (κ2) is 6.94. The molecule has 1 saturated carbocycles. The molecule has 1 aliphatic heterocycles. The standard InChI is InChI=1S/C19H20FN5O4/c1-11-4-6-19(7-5-11)17(28)25(18(29)22-19)23-15(26)9-24-10-21-14-8-12(20)2-3-13(14)16(24)27/h2-3,8,10-11H,4-7,9H2,1H3,(H,22,29)(H,23,26). The van der Waals surface area contributed by atoms with E-state index in [9.17, 15) is 23.6 Å². The van der Waals surface area contributed by atoms with Gasteiger partial charge in [0.05, 0.1) is 17.2 Å². The SMILES string of the molecule is CC1CCC2(CC1)NC(=O)N(NC(=O)Cn1cnc3cc(F)ccc3c1=O)C2=O. The Labute approximate surface area is 164 Å². The summed E-state index contributed by atoms with van der Waals surface area (Å²) < 4.78 is 14.3. The Morgan fingerprint density at radius 2 is 2.03 bits per heavy atom. The quantitative estimate of drug-likeness (QED) is 0.747. The summed E-state index contributed by atoms with van der Waals surface area (Å²) in [7, 11) is 0. The second-order valence-corrected chi connectivity index (χ2v) is 7.71. The Morgan fingerprint density at radius 1 is 1.31 bits per heavy atom. The second-order valence-electron chi connectivity index (χ2n) is 7.71. The largest absolute Gasteiger partial charge is 0.344 e. The molecule has 1 spiro atoms. The van der Waals surface area contributed by atoms with E-state index in [1.54, 1.807) is 0 Å². The van der Waals surface area contributed by atoms with E-state index in [2.05, 4.69) is 22.7 Å². The van der Waals surface area contributed by atoms with Crippen LogP contribution in [0.3, 0.4) is 0 Å². The number of fused-ring (bicyclic) bond motifs is 1. The van der Waals surface area contributed by atoms with Crippen molar-refractivity contribution in [2.24, 2.45) is 5.92 Å². The van der Waals surface area contributed by atoms with Gasteiger partial charge in [-0.05, 0) is 43.7 Å². The fraction of sp³-hybridized carbons (Fsp3) is 0.421. The van der Waals surface area contributed by atoms with E-state index < -0.39 is 41.3 Å². The molecule has 1 aromatic carbocycles. The van der Waals surface area contributed by atoms with Crippen molar-refractivity contribution >= 4 is 28.7 Å². The zero-order valence-electron chi connectivity index (χ0n) is 15.8. The molecule has 2 heterocycles. The number of carbonyl (C=O) groups is 3. The summed E-state index contributed by atoms with van der Waals surface area (Å²) in [5, 5.41) is 3.55. The average molecular weight is 401 g/mol. The van der Waals surface area contributed by atoms with Crippen LogP contribution in [0.2, 0.25) is 0 Å². The summed E-state index contributed by atoms with van der Waals surface area (Å²) >= 11 is 0. The molecule has 152 valence electrons. The van der Waals surface area contributed by atoms with Crippen LogP contribution in [0.5, 0.6) is 0 Å². The summed E-state index contributed by atoms with van der Waals surface area (Å²) in [6.45, 7) is 1.65. The van der Waals surface area contributed by atoms with Gasteiger partial charge >= 0.3 is 6.03 Å². The van der Waals surface area contributed by atoms with Crippen molar-refractivity contribution in [1.82, 2.24) is 25.3 Å². The lowest BCUT2D eigenvalue weighted by molar-refractivity contribution is -0.140. The van der Waals surface area contributed by atoms with Crippen molar-refractivity contribution in [1.29, 1.82) is 0 Å². The van der Waals surface area contributed by atoms with E-state index in [0.29, 0.717) is 23.8 Å². The molecule has 2 aliphatic rings. The molecule has 1 saturated heterocycles. The van der Waals surface area contributed by atoms with Gasteiger partial charge in [0, 0.05) is 6.07 Å². The first-order chi connectivity index (χ1) is 13.8. The third-order valence-electron chi connectivity index (χ3n) is 5.63. The number of urea groups is 1. The molecule has 0 atom stereocenters. The Bertz CT molecular complexity index is 1070. The van der Waals surface area contributed by atoms with E-state index in [1.165, 1.54) is 6.07 Å². The summed E-state index contributed by atoms with van der Waals surface area (Å²) in [4.78, 5) is 53.9. The Balaban J connectivity index is 1.49. The third kappa shape index (κ3) is 3.34. The van der Waals surface area contributed by atoms with Crippen LogP contribution in [0.4, 0.5) is 9.18 Å². The van der Waals surface area contributed by atoms with Crippen LogP contribution in [0.1, 0.15) is 32.6 Å². The van der Waals surface area contributed by atoms with Gasteiger partial charge in [-0.1, -0.05) is 6.92 Å². The first-order valence-corrected chi connectivity index (χ1v) is 9.40. The highest BCUT2D eigenvalue weighted by atomic mass is 19.1. The number of benzene rings is 1. The number of nitrogens with one attached hydrogen (secondary N) is 2. The van der Waals surface area contributed by atoms with Gasteiger partial charge in [-0.3, -0.25) is 24.4 Å². The topological polar surface area (TPSA) is 113 Å². The van der Waals surface area contributed by atoms with Crippen molar-refractivity contribution in [3.8, 4) is 0 Å². The molecule has 29 heavy (non-hydrogen) atoms. The molecule has 4 amide bonds. The molecule has 0 unspecified atom stereocenters. The summed E-state index contributed by atoms with van der Waals surface area (Å²) in [6.07, 6.45) is 3.80. The van der Waals surface area contributed by atoms with Gasteiger partial charge in [-0.2, -0.15) is 5.01 Å². The molecule has 1 aliphatic carbocycles. The maximum atomic E-state index is 13.3. The zero-order valence-corrected chi connectivity index (χ0v) is 15.8. The highest BCUT2D eigenvalue weighted by Crippen LogP contribution is 2.35. The van der Waals surface area contributed by atoms with E-state index >= 15 is 0 Å². The van der Waals surface area contributed by atoms with Crippen LogP contribution in [-0.2, 0) is 16.1 Å². The molecule has 2 N–H and O–H groups in total. The molecule has 0 radical (unpaired) electrons. The van der Waals surface area contributed by atoms with Crippen LogP contribution in [0.15, 0.2) is 29.3 Å². The average Bonchev–Trinajstić information content (AvgIpc) is 2.91. The van der Waals surface area contributed by atoms with Gasteiger partial charge in [0.1, 0.15) is 17.9 Å². The minimum absolute atomic E-state index is 0.159. The molecule has 2 fully saturated rings. The maximum absolute atomic E-state index is 13.3. The van der Waals surface area contributed by atoms with Crippen LogP contribution in [-0.4, -0.2) is 37.9 Å². The van der Waals surface area contributed by atoms with Gasteiger partial charge in [0.15, 0.2) is 0 Å². The summed E-state index contributed by atoms with van der Waals surface area (Å²) in [5.41, 5.74) is 0.957. The number of aromatic nitrogens is 2. The molecule has 10 heteroatoms. The molecular weight excluding hydrogens is 381 g/mol. The molecule has 0 bridgehead atoms. The number of hydrogen-bond acceptors (Lipinski definition) is 5. The monoisotopic (exact) mass is 401 g/mol. The molecule has 2 aromatic rings. The third-order valence-corrected chi connectivity index (χ3v) is 5.63. The zero-order chi connectivity index (χ0) is 20.8. The number of amides is 4. The van der Waals surface area contributed by atoms with Crippen LogP contribution in [0.25, 0.3) is 10.9 Å². The number of hydrazine groups is 1. The highest BCUT2D eigenvalue weighted by Gasteiger charge is 2.52. The van der Waals surface area contributed by atoms with Crippen LogP contribution in [0, 0.1) is 11.7 Å². The maximum Gasteiger partial charge on any atom is 0.344 e. The fourth-order valence-electron chi connectivity index (χ4n) is 3.87. The van der Waals surface area contributed by atoms with Crippen molar-refractivity contribution in [2.75, 3.05) is 0 Å². The van der Waals surface area contributed by atoms with E-state index in [-0.39, 0.29) is 10.9 Å². The summed E-state index contributed by atoms with van der Waals surface area (Å²) in [6, 6.07) is 2.86. The van der Waals surface area contributed by atoms with E-state index in [1.807, 2.05) is 0 Å². The van der Waals surface area contributed by atoms with E-state index in [0.717, 1.165) is 35.9 Å². The lowest BCUT2D eigenvalue weighted by atomic mass is 9.77. The van der Waals surface area contributed by atoms with Gasteiger partial charge in [0.2, 0.25) is 0 Å². The van der Waals surface area contributed by atoms with E-state index in [4.69, 9.17) is 0 Å². The smallest absolute Gasteiger partial charge is 0.322 e. The number of carbonyl (C=O) groups excluding carboxylic acids is 3. The lowest BCUT2D eigenvalue weighted by Crippen LogP contribution is -2.52. The highest BCUT2D eigenvalue weighted by molar-refractivity contribution is 6.08. The predicted molar refractivity (Wildman–Crippen MR) is 99.8 cm³/mol. The number of nitrogens with zero attached hydrogens (tertiary/aromatic N) is 3. The lowest BCUT2D eigenvalue weighted by Gasteiger charge is -2.33. The molecule has 4 rings (SSSR count). The first-order valence-electron chi connectivity index (χ1n) is 9.40. The van der Waals surface area contributed by atoms with Gasteiger partial charge in [0.25, 0.3) is 17.4 Å². The Morgan fingerprint density at radius 3 is 2.76 bits per heavy atom. The minimum Gasteiger partial charge on any atom is -0.322 e. The minimum atomic E-state index is -0.970. The predicted octanol–water partition coefficient (Wildman–Crippen LogP) is 1.07. The normalized spacial score (nSPS) is 24.2. The molecular formula is C19H20FN5O4. The van der Waals surface area contributed by atoms with Crippen molar-refractivity contribution in [3.63, 3.8) is 0 Å². The first kappa shape index (κ1) is 19.0. The molecule has 9 nitrogen and oxygen atoms in total. The van der Waals surface area contributed by atoms with Gasteiger partial charge < -0.3 is 5.32 Å². The summed E-state index contributed by atoms with van der Waals surface area (Å²) in [5.74, 6) is -1.25. The van der Waals surface area contributed by atoms with Crippen molar-refractivity contribution in [3.05, 3.63) is 40.7 Å². The van der Waals surface area contributed by atoms with Gasteiger partial charge in [-0.25, -0.2) is 14.2 Å². The molecule has 1 aromatic heterocycles. The number of rotatable bonds is 3. The Kier molecular flexibility index (Phi) is 4.56. The van der Waals surface area contributed by atoms with Gasteiger partial charge in [-0.15, -0.1) is 0 Å². The number of imide groups is 1. The van der Waals surface area contributed by atoms with Crippen molar-refractivity contribution in [2.45, 2.75) is 44.7 Å². The fourth-order valence-corrected chi connectivity index (χ4v) is 3.87. The van der Waals surface area contributed by atoms with Crippen LogP contribution < -0.4 is 16.3 Å². The number of hydrogen-bond donors (Lipinski definition) is 2. The number of halogens is 1. The Hall–Kier alpha value is -3.30. The van der Waals surface area contributed by atoms with Crippen molar-refractivity contribution < 1.29 is 18.8 Å².